The fourth-order valence-electron chi connectivity index (χ4n) is 3.59. The first kappa shape index (κ1) is 14.1. The zero-order chi connectivity index (χ0) is 13.8. The van der Waals surface area contributed by atoms with Gasteiger partial charge < -0.3 is 5.32 Å². The highest BCUT2D eigenvalue weighted by molar-refractivity contribution is 5.13. The molecular formula is C16H28N4. The summed E-state index contributed by atoms with van der Waals surface area (Å²) in [5.74, 6) is 2.04. The van der Waals surface area contributed by atoms with Gasteiger partial charge in [-0.15, -0.1) is 5.10 Å². The van der Waals surface area contributed by atoms with Gasteiger partial charge in [-0.3, -0.25) is 0 Å². The van der Waals surface area contributed by atoms with Crippen LogP contribution in [0.4, 0.5) is 0 Å². The molecule has 0 bridgehead atoms. The molecule has 2 unspecified atom stereocenters. The molecule has 0 radical (unpaired) electrons. The number of aryl methyl sites for hydroxylation is 2. The monoisotopic (exact) mass is 276 g/mol. The minimum atomic E-state index is 1.01. The lowest BCUT2D eigenvalue weighted by Crippen LogP contribution is -2.09. The molecule has 2 aliphatic carbocycles. The summed E-state index contributed by atoms with van der Waals surface area (Å²) in [4.78, 5) is 0. The Morgan fingerprint density at radius 1 is 1.10 bits per heavy atom. The molecule has 0 spiro atoms. The highest BCUT2D eigenvalue weighted by atomic mass is 15.4. The number of unbranched alkanes of at least 4 members (excludes halogenated alkanes) is 3. The predicted molar refractivity (Wildman–Crippen MR) is 80.7 cm³/mol. The molecule has 1 saturated carbocycles. The maximum atomic E-state index is 4.44. The number of nitrogens with one attached hydrogen (secondary N) is 1. The molecule has 0 aliphatic heterocycles. The van der Waals surface area contributed by atoms with Gasteiger partial charge in [-0.2, -0.15) is 0 Å². The Kier molecular flexibility index (Phi) is 4.71. The van der Waals surface area contributed by atoms with E-state index in [1.165, 1.54) is 69.2 Å². The van der Waals surface area contributed by atoms with Crippen molar-refractivity contribution >= 4 is 0 Å². The van der Waals surface area contributed by atoms with E-state index in [2.05, 4.69) is 20.3 Å². The lowest BCUT2D eigenvalue weighted by molar-refractivity contribution is 0.495. The number of fused-ring (bicyclic) bond motifs is 2. The van der Waals surface area contributed by atoms with Gasteiger partial charge in [-0.25, -0.2) is 4.68 Å². The average molecular weight is 276 g/mol. The van der Waals surface area contributed by atoms with E-state index in [0.717, 1.165) is 24.9 Å². The van der Waals surface area contributed by atoms with Crippen LogP contribution in [0, 0.1) is 11.8 Å². The van der Waals surface area contributed by atoms with Crippen molar-refractivity contribution in [2.45, 2.75) is 64.3 Å². The molecular weight excluding hydrogens is 248 g/mol. The Morgan fingerprint density at radius 3 is 2.75 bits per heavy atom. The number of aromatic nitrogens is 3. The minimum Gasteiger partial charge on any atom is -0.320 e. The molecule has 1 N–H and O–H groups in total. The van der Waals surface area contributed by atoms with Crippen LogP contribution in [-0.4, -0.2) is 28.6 Å². The molecule has 0 amide bonds. The third kappa shape index (κ3) is 3.40. The van der Waals surface area contributed by atoms with E-state index in [0.29, 0.717) is 0 Å². The van der Waals surface area contributed by atoms with E-state index in [-0.39, 0.29) is 0 Å². The van der Waals surface area contributed by atoms with Crippen molar-refractivity contribution in [2.24, 2.45) is 11.8 Å². The Balaban J connectivity index is 1.47. The van der Waals surface area contributed by atoms with E-state index in [4.69, 9.17) is 0 Å². The van der Waals surface area contributed by atoms with Crippen LogP contribution < -0.4 is 5.32 Å². The van der Waals surface area contributed by atoms with Crippen molar-refractivity contribution < 1.29 is 0 Å². The summed E-state index contributed by atoms with van der Waals surface area (Å²) in [6.07, 6.45) is 11.7. The number of hydrogen-bond donors (Lipinski definition) is 1. The van der Waals surface area contributed by atoms with Crippen LogP contribution in [0.2, 0.25) is 0 Å². The van der Waals surface area contributed by atoms with Gasteiger partial charge in [0.25, 0.3) is 0 Å². The van der Waals surface area contributed by atoms with Gasteiger partial charge in [0.1, 0.15) is 0 Å². The van der Waals surface area contributed by atoms with Crippen molar-refractivity contribution in [3.8, 4) is 0 Å². The van der Waals surface area contributed by atoms with Crippen LogP contribution in [0.1, 0.15) is 56.3 Å². The second-order valence-electron chi connectivity index (χ2n) is 6.56. The van der Waals surface area contributed by atoms with Crippen molar-refractivity contribution in [3.63, 3.8) is 0 Å². The molecule has 3 rings (SSSR count). The summed E-state index contributed by atoms with van der Waals surface area (Å²) >= 11 is 0. The molecule has 4 nitrogen and oxygen atoms in total. The Morgan fingerprint density at radius 2 is 1.90 bits per heavy atom. The number of hydrogen-bond acceptors (Lipinski definition) is 3. The van der Waals surface area contributed by atoms with E-state index in [1.54, 1.807) is 0 Å². The van der Waals surface area contributed by atoms with Gasteiger partial charge in [0.05, 0.1) is 11.4 Å². The van der Waals surface area contributed by atoms with Crippen molar-refractivity contribution in [2.75, 3.05) is 13.6 Å². The summed E-state index contributed by atoms with van der Waals surface area (Å²) in [5.41, 5.74) is 2.75. The fourth-order valence-corrected chi connectivity index (χ4v) is 3.59. The van der Waals surface area contributed by atoms with Crippen LogP contribution in [0.3, 0.4) is 0 Å². The SMILES string of the molecule is CNCCCCCCn1nnc2c1CCC1CC1CC2. The third-order valence-electron chi connectivity index (χ3n) is 5.04. The molecule has 1 fully saturated rings. The highest BCUT2D eigenvalue weighted by Gasteiger charge is 2.38. The molecule has 20 heavy (non-hydrogen) atoms. The third-order valence-corrected chi connectivity index (χ3v) is 5.04. The molecule has 2 aliphatic rings. The number of rotatable bonds is 7. The fraction of sp³-hybridized carbons (Fsp3) is 0.875. The van der Waals surface area contributed by atoms with Gasteiger partial charge in [0.15, 0.2) is 0 Å². The van der Waals surface area contributed by atoms with Gasteiger partial charge in [0, 0.05) is 6.54 Å². The van der Waals surface area contributed by atoms with Crippen molar-refractivity contribution in [1.82, 2.24) is 20.3 Å². The quantitative estimate of drug-likeness (QED) is 0.778. The largest absolute Gasteiger partial charge is 0.320 e. The zero-order valence-corrected chi connectivity index (χ0v) is 12.8. The summed E-state index contributed by atoms with van der Waals surface area (Å²) in [6.45, 7) is 2.21. The Labute approximate surface area is 122 Å². The summed E-state index contributed by atoms with van der Waals surface area (Å²) < 4.78 is 2.20. The first-order valence-corrected chi connectivity index (χ1v) is 8.44. The summed E-state index contributed by atoms with van der Waals surface area (Å²) in [7, 11) is 2.03. The lowest BCUT2D eigenvalue weighted by atomic mass is 10.0. The van der Waals surface area contributed by atoms with Gasteiger partial charge in [-0.1, -0.05) is 18.1 Å². The predicted octanol–water partition coefficient (Wildman–Crippen LogP) is 2.57. The topological polar surface area (TPSA) is 42.7 Å². The van der Waals surface area contributed by atoms with Gasteiger partial charge >= 0.3 is 0 Å². The molecule has 0 aromatic carbocycles. The lowest BCUT2D eigenvalue weighted by Gasteiger charge is -2.10. The zero-order valence-electron chi connectivity index (χ0n) is 12.8. The molecule has 1 aromatic rings. The normalized spacial score (nSPS) is 24.6. The molecule has 1 heterocycles. The van der Waals surface area contributed by atoms with E-state index < -0.39 is 0 Å². The highest BCUT2D eigenvalue weighted by Crippen LogP contribution is 2.46. The van der Waals surface area contributed by atoms with Crippen molar-refractivity contribution in [3.05, 3.63) is 11.4 Å². The van der Waals surface area contributed by atoms with E-state index in [9.17, 15) is 0 Å². The first-order chi connectivity index (χ1) is 9.88. The Bertz CT molecular complexity index is 426. The van der Waals surface area contributed by atoms with Crippen LogP contribution >= 0.6 is 0 Å². The molecule has 1 aromatic heterocycles. The van der Waals surface area contributed by atoms with Crippen LogP contribution in [0.5, 0.6) is 0 Å². The molecule has 4 heteroatoms. The molecule has 0 saturated heterocycles. The smallest absolute Gasteiger partial charge is 0.0859 e. The second kappa shape index (κ2) is 6.70. The first-order valence-electron chi connectivity index (χ1n) is 8.44. The Hall–Kier alpha value is -0.900. The standard InChI is InChI=1S/C16H28N4/c1-17-10-4-2-3-5-11-20-16-9-7-14-12-13(14)6-8-15(16)18-19-20/h13-14,17H,2-12H2,1H3. The minimum absolute atomic E-state index is 1.01. The van der Waals surface area contributed by atoms with Crippen LogP contribution in [-0.2, 0) is 19.4 Å². The maximum Gasteiger partial charge on any atom is 0.0859 e. The number of nitrogens with zero attached hydrogens (tertiary/aromatic N) is 3. The van der Waals surface area contributed by atoms with E-state index >= 15 is 0 Å². The maximum absolute atomic E-state index is 4.44. The van der Waals surface area contributed by atoms with Crippen LogP contribution in [0.25, 0.3) is 0 Å². The van der Waals surface area contributed by atoms with E-state index in [1.807, 2.05) is 7.05 Å². The van der Waals surface area contributed by atoms with Gasteiger partial charge in [0.2, 0.25) is 0 Å². The van der Waals surface area contributed by atoms with Crippen LogP contribution in [0.15, 0.2) is 0 Å². The summed E-state index contributed by atoms with van der Waals surface area (Å²) in [5, 5.41) is 12.1. The molecule has 112 valence electrons. The average Bonchev–Trinajstić information content (AvgIpc) is 3.07. The molecule has 2 atom stereocenters. The summed E-state index contributed by atoms with van der Waals surface area (Å²) in [6, 6.07) is 0. The van der Waals surface area contributed by atoms with Gasteiger partial charge in [-0.05, 0) is 70.4 Å². The second-order valence-corrected chi connectivity index (χ2v) is 6.56. The van der Waals surface area contributed by atoms with Crippen molar-refractivity contribution in [1.29, 1.82) is 0 Å².